The number of amides is 1. The van der Waals surface area contributed by atoms with E-state index in [1.54, 1.807) is 0 Å². The number of carboxylic acids is 1. The first-order valence-electron chi connectivity index (χ1n) is 6.65. The monoisotopic (exact) mass is 277 g/mol. The Bertz CT molecular complexity index is 489. The predicted molar refractivity (Wildman–Crippen MR) is 73.4 cm³/mol. The summed E-state index contributed by atoms with van der Waals surface area (Å²) in [5, 5.41) is 11.8. The first-order chi connectivity index (χ1) is 9.49. The van der Waals surface area contributed by atoms with Crippen LogP contribution in [0.25, 0.3) is 0 Å². The maximum absolute atomic E-state index is 12.1. The summed E-state index contributed by atoms with van der Waals surface area (Å²) in [5.41, 5.74) is 1.30. The number of carbonyl (C=O) groups is 2. The number of benzene rings is 1. The molecule has 5 nitrogen and oxygen atoms in total. The van der Waals surface area contributed by atoms with Crippen LogP contribution < -0.4 is 5.32 Å². The molecule has 1 saturated heterocycles. The zero-order valence-corrected chi connectivity index (χ0v) is 11.5. The fraction of sp³-hybridized carbons (Fsp3) is 0.467. The fourth-order valence-corrected chi connectivity index (χ4v) is 2.41. The molecule has 1 aliphatic heterocycles. The molecule has 1 atom stereocenters. The van der Waals surface area contributed by atoms with Crippen LogP contribution in [0.2, 0.25) is 0 Å². The lowest BCUT2D eigenvalue weighted by atomic mass is 9.94. The minimum Gasteiger partial charge on any atom is -0.481 e. The van der Waals surface area contributed by atoms with Gasteiger partial charge in [0.05, 0.1) is 25.0 Å². The van der Waals surface area contributed by atoms with Gasteiger partial charge >= 0.3 is 5.97 Å². The normalized spacial score (nSPS) is 21.6. The molecule has 1 aliphatic rings. The van der Waals surface area contributed by atoms with Gasteiger partial charge in [0, 0.05) is 6.61 Å². The molecule has 0 bridgehead atoms. The lowest BCUT2D eigenvalue weighted by Crippen LogP contribution is -2.51. The largest absolute Gasteiger partial charge is 0.481 e. The van der Waals surface area contributed by atoms with E-state index < -0.39 is 11.5 Å². The minimum absolute atomic E-state index is 0.105. The average Bonchev–Trinajstić information content (AvgIpc) is 2.79. The number of hydrogen-bond donors (Lipinski definition) is 2. The van der Waals surface area contributed by atoms with Crippen molar-refractivity contribution in [1.82, 2.24) is 5.32 Å². The standard InChI is InChI=1S/C15H19NO4/c1-11-2-4-12(5-3-11)8-13(17)16-15(9-14(18)19)6-7-20-10-15/h2-5H,6-10H2,1H3,(H,16,17)(H,18,19). The fourth-order valence-electron chi connectivity index (χ4n) is 2.41. The molecule has 0 spiro atoms. The third-order valence-electron chi connectivity index (χ3n) is 3.48. The molecule has 1 aromatic carbocycles. The molecule has 2 rings (SSSR count). The van der Waals surface area contributed by atoms with Gasteiger partial charge in [-0.1, -0.05) is 29.8 Å². The Balaban J connectivity index is 1.98. The summed E-state index contributed by atoms with van der Waals surface area (Å²) >= 11 is 0. The lowest BCUT2D eigenvalue weighted by Gasteiger charge is -2.27. The van der Waals surface area contributed by atoms with Gasteiger partial charge < -0.3 is 15.2 Å². The SMILES string of the molecule is Cc1ccc(CC(=O)NC2(CC(=O)O)CCOC2)cc1. The Morgan fingerprint density at radius 1 is 1.35 bits per heavy atom. The second kappa shape index (κ2) is 6.05. The summed E-state index contributed by atoms with van der Waals surface area (Å²) in [6.45, 7) is 2.73. The molecule has 20 heavy (non-hydrogen) atoms. The summed E-state index contributed by atoms with van der Waals surface area (Å²) in [4.78, 5) is 23.0. The minimum atomic E-state index is -0.925. The third kappa shape index (κ3) is 3.81. The van der Waals surface area contributed by atoms with Crippen molar-refractivity contribution in [2.24, 2.45) is 0 Å². The summed E-state index contributed by atoms with van der Waals surface area (Å²) in [6.07, 6.45) is 0.688. The number of ether oxygens (including phenoxy) is 1. The van der Waals surface area contributed by atoms with Gasteiger partial charge in [-0.05, 0) is 18.9 Å². The van der Waals surface area contributed by atoms with Crippen LogP contribution in [0.1, 0.15) is 24.0 Å². The number of nitrogens with one attached hydrogen (secondary N) is 1. The summed E-state index contributed by atoms with van der Waals surface area (Å²) < 4.78 is 5.25. The van der Waals surface area contributed by atoms with Gasteiger partial charge in [-0.3, -0.25) is 9.59 Å². The average molecular weight is 277 g/mol. The van der Waals surface area contributed by atoms with Crippen LogP contribution in [-0.4, -0.2) is 35.7 Å². The Hall–Kier alpha value is -1.88. The van der Waals surface area contributed by atoms with Gasteiger partial charge in [0.15, 0.2) is 0 Å². The van der Waals surface area contributed by atoms with E-state index in [2.05, 4.69) is 5.32 Å². The van der Waals surface area contributed by atoms with E-state index in [9.17, 15) is 9.59 Å². The number of carboxylic acid groups (broad SMARTS) is 1. The second-order valence-corrected chi connectivity index (χ2v) is 5.36. The number of hydrogen-bond acceptors (Lipinski definition) is 3. The van der Waals surface area contributed by atoms with Gasteiger partial charge in [-0.15, -0.1) is 0 Å². The number of rotatable bonds is 5. The molecule has 1 fully saturated rings. The smallest absolute Gasteiger partial charge is 0.305 e. The molecule has 0 radical (unpaired) electrons. The van der Waals surface area contributed by atoms with Crippen LogP contribution in [0, 0.1) is 6.92 Å². The van der Waals surface area contributed by atoms with Crippen LogP contribution >= 0.6 is 0 Å². The van der Waals surface area contributed by atoms with Crippen LogP contribution in [0.4, 0.5) is 0 Å². The van der Waals surface area contributed by atoms with Crippen molar-refractivity contribution in [3.05, 3.63) is 35.4 Å². The topological polar surface area (TPSA) is 75.6 Å². The molecule has 1 amide bonds. The number of aliphatic carboxylic acids is 1. The maximum Gasteiger partial charge on any atom is 0.305 e. The van der Waals surface area contributed by atoms with Gasteiger partial charge in [0.1, 0.15) is 0 Å². The van der Waals surface area contributed by atoms with Crippen LogP contribution in [0.3, 0.4) is 0 Å². The molecule has 1 heterocycles. The Morgan fingerprint density at radius 3 is 2.60 bits per heavy atom. The van der Waals surface area contributed by atoms with Crippen molar-refractivity contribution in [1.29, 1.82) is 0 Å². The molecular formula is C15H19NO4. The molecule has 108 valence electrons. The Kier molecular flexibility index (Phi) is 4.39. The van der Waals surface area contributed by atoms with E-state index in [0.717, 1.165) is 11.1 Å². The number of aryl methyl sites for hydroxylation is 1. The Morgan fingerprint density at radius 2 is 2.05 bits per heavy atom. The molecule has 0 saturated carbocycles. The van der Waals surface area contributed by atoms with Gasteiger partial charge in [0.2, 0.25) is 5.91 Å². The van der Waals surface area contributed by atoms with E-state index in [0.29, 0.717) is 13.0 Å². The molecule has 0 aliphatic carbocycles. The van der Waals surface area contributed by atoms with E-state index in [-0.39, 0.29) is 25.4 Å². The highest BCUT2D eigenvalue weighted by Crippen LogP contribution is 2.23. The predicted octanol–water partition coefficient (Wildman–Crippen LogP) is 1.29. The maximum atomic E-state index is 12.1. The summed E-state index contributed by atoms with van der Waals surface area (Å²) in [6, 6.07) is 7.72. The quantitative estimate of drug-likeness (QED) is 0.850. The first kappa shape index (κ1) is 14.5. The van der Waals surface area contributed by atoms with Crippen LogP contribution in [0.5, 0.6) is 0 Å². The van der Waals surface area contributed by atoms with E-state index >= 15 is 0 Å². The molecule has 0 aromatic heterocycles. The highest BCUT2D eigenvalue weighted by atomic mass is 16.5. The van der Waals surface area contributed by atoms with Crippen LogP contribution in [0.15, 0.2) is 24.3 Å². The Labute approximate surface area is 117 Å². The summed E-state index contributed by atoms with van der Waals surface area (Å²) in [5.74, 6) is -1.09. The van der Waals surface area contributed by atoms with Crippen LogP contribution in [-0.2, 0) is 20.7 Å². The van der Waals surface area contributed by atoms with Crippen molar-refractivity contribution in [2.75, 3.05) is 13.2 Å². The van der Waals surface area contributed by atoms with Gasteiger partial charge in [0.25, 0.3) is 0 Å². The van der Waals surface area contributed by atoms with E-state index in [4.69, 9.17) is 9.84 Å². The van der Waals surface area contributed by atoms with E-state index in [1.807, 2.05) is 31.2 Å². The van der Waals surface area contributed by atoms with Crippen molar-refractivity contribution in [2.45, 2.75) is 31.7 Å². The second-order valence-electron chi connectivity index (χ2n) is 5.36. The zero-order valence-electron chi connectivity index (χ0n) is 11.5. The molecule has 1 aromatic rings. The van der Waals surface area contributed by atoms with Crippen molar-refractivity contribution < 1.29 is 19.4 Å². The van der Waals surface area contributed by atoms with E-state index in [1.165, 1.54) is 0 Å². The first-order valence-corrected chi connectivity index (χ1v) is 6.65. The molecular weight excluding hydrogens is 258 g/mol. The van der Waals surface area contributed by atoms with Crippen molar-refractivity contribution in [3.8, 4) is 0 Å². The zero-order chi connectivity index (χ0) is 14.6. The van der Waals surface area contributed by atoms with Crippen molar-refractivity contribution >= 4 is 11.9 Å². The number of carbonyl (C=O) groups excluding carboxylic acids is 1. The highest BCUT2D eigenvalue weighted by molar-refractivity contribution is 5.80. The summed E-state index contributed by atoms with van der Waals surface area (Å²) in [7, 11) is 0. The highest BCUT2D eigenvalue weighted by Gasteiger charge is 2.38. The van der Waals surface area contributed by atoms with Crippen molar-refractivity contribution in [3.63, 3.8) is 0 Å². The van der Waals surface area contributed by atoms with Gasteiger partial charge in [-0.25, -0.2) is 0 Å². The lowest BCUT2D eigenvalue weighted by molar-refractivity contribution is -0.139. The molecule has 1 unspecified atom stereocenters. The molecule has 2 N–H and O–H groups in total. The third-order valence-corrected chi connectivity index (χ3v) is 3.48. The van der Waals surface area contributed by atoms with Gasteiger partial charge in [-0.2, -0.15) is 0 Å². The molecule has 5 heteroatoms.